The van der Waals surface area contributed by atoms with Gasteiger partial charge in [-0.25, -0.2) is 9.07 Å². The highest BCUT2D eigenvalue weighted by molar-refractivity contribution is 6.30. The second kappa shape index (κ2) is 5.29. The van der Waals surface area contributed by atoms with Gasteiger partial charge in [0.25, 0.3) is 0 Å². The van der Waals surface area contributed by atoms with Crippen LogP contribution in [0.3, 0.4) is 0 Å². The molecule has 0 unspecified atom stereocenters. The van der Waals surface area contributed by atoms with Gasteiger partial charge >= 0.3 is 0 Å². The summed E-state index contributed by atoms with van der Waals surface area (Å²) >= 11 is 5.61. The molecule has 0 spiro atoms. The van der Waals surface area contributed by atoms with Gasteiger partial charge in [0.05, 0.1) is 16.9 Å². The van der Waals surface area contributed by atoms with Crippen molar-refractivity contribution in [1.29, 1.82) is 0 Å². The van der Waals surface area contributed by atoms with E-state index in [0.29, 0.717) is 12.1 Å². The summed E-state index contributed by atoms with van der Waals surface area (Å²) in [6.45, 7) is 0.154. The van der Waals surface area contributed by atoms with Crippen LogP contribution >= 0.6 is 11.6 Å². The average molecular weight is 255 g/mol. The monoisotopic (exact) mass is 254 g/mol. The predicted molar refractivity (Wildman–Crippen MR) is 63.9 cm³/mol. The molecule has 0 aliphatic carbocycles. The van der Waals surface area contributed by atoms with E-state index in [9.17, 15) is 4.39 Å². The SMILES string of the molecule is OCCCc1cnn(-c2ccc(Cl)c(F)c2)c1. The molecular weight excluding hydrogens is 243 g/mol. The lowest BCUT2D eigenvalue weighted by molar-refractivity contribution is 0.288. The summed E-state index contributed by atoms with van der Waals surface area (Å²) in [5.41, 5.74) is 1.64. The molecule has 0 bridgehead atoms. The van der Waals surface area contributed by atoms with Crippen LogP contribution in [0.5, 0.6) is 0 Å². The number of aromatic nitrogens is 2. The van der Waals surface area contributed by atoms with Crippen molar-refractivity contribution in [2.45, 2.75) is 12.8 Å². The normalized spacial score (nSPS) is 10.8. The molecule has 0 fully saturated rings. The molecule has 0 aliphatic heterocycles. The smallest absolute Gasteiger partial charge is 0.143 e. The van der Waals surface area contributed by atoms with E-state index < -0.39 is 5.82 Å². The van der Waals surface area contributed by atoms with E-state index >= 15 is 0 Å². The van der Waals surface area contributed by atoms with Crippen molar-refractivity contribution in [3.63, 3.8) is 0 Å². The molecule has 5 heteroatoms. The Kier molecular flexibility index (Phi) is 3.76. The first-order valence-corrected chi connectivity index (χ1v) is 5.68. The molecule has 17 heavy (non-hydrogen) atoms. The van der Waals surface area contributed by atoms with Crippen LogP contribution in [0.25, 0.3) is 5.69 Å². The van der Waals surface area contributed by atoms with E-state index in [1.807, 2.05) is 6.20 Å². The van der Waals surface area contributed by atoms with Gasteiger partial charge in [-0.2, -0.15) is 5.10 Å². The van der Waals surface area contributed by atoms with Crippen LogP contribution < -0.4 is 0 Å². The molecule has 90 valence electrons. The maximum atomic E-state index is 13.3. The van der Waals surface area contributed by atoms with Crippen molar-refractivity contribution in [2.24, 2.45) is 0 Å². The average Bonchev–Trinajstić information content (AvgIpc) is 2.79. The highest BCUT2D eigenvalue weighted by Crippen LogP contribution is 2.18. The maximum absolute atomic E-state index is 13.3. The minimum atomic E-state index is -0.462. The molecule has 1 aromatic carbocycles. The second-order valence-electron chi connectivity index (χ2n) is 3.72. The van der Waals surface area contributed by atoms with Gasteiger partial charge in [0.1, 0.15) is 5.82 Å². The van der Waals surface area contributed by atoms with E-state index in [-0.39, 0.29) is 11.6 Å². The van der Waals surface area contributed by atoms with E-state index in [2.05, 4.69) is 5.10 Å². The number of benzene rings is 1. The minimum Gasteiger partial charge on any atom is -0.396 e. The Morgan fingerprint density at radius 2 is 2.24 bits per heavy atom. The first-order valence-electron chi connectivity index (χ1n) is 5.30. The number of aliphatic hydroxyl groups excluding tert-OH is 1. The number of aliphatic hydroxyl groups is 1. The first-order chi connectivity index (χ1) is 8.20. The van der Waals surface area contributed by atoms with E-state index in [1.54, 1.807) is 16.9 Å². The molecular formula is C12H12ClFN2O. The summed E-state index contributed by atoms with van der Waals surface area (Å²) in [5, 5.41) is 13.0. The summed E-state index contributed by atoms with van der Waals surface area (Å²) in [7, 11) is 0. The molecule has 1 N–H and O–H groups in total. The Bertz CT molecular complexity index is 513. The largest absolute Gasteiger partial charge is 0.396 e. The second-order valence-corrected chi connectivity index (χ2v) is 4.13. The lowest BCUT2D eigenvalue weighted by Gasteiger charge is -2.01. The van der Waals surface area contributed by atoms with Crippen molar-refractivity contribution in [3.8, 4) is 5.69 Å². The molecule has 2 rings (SSSR count). The lowest BCUT2D eigenvalue weighted by Crippen LogP contribution is -1.95. The number of hydrogen-bond donors (Lipinski definition) is 1. The summed E-state index contributed by atoms with van der Waals surface area (Å²) < 4.78 is 14.9. The zero-order valence-electron chi connectivity index (χ0n) is 9.11. The molecule has 2 aromatic rings. The van der Waals surface area contributed by atoms with Gasteiger partial charge in [-0.3, -0.25) is 0 Å². The maximum Gasteiger partial charge on any atom is 0.143 e. The van der Waals surface area contributed by atoms with Crippen LogP contribution in [0.15, 0.2) is 30.6 Å². The summed E-state index contributed by atoms with van der Waals surface area (Å²) in [6.07, 6.45) is 4.98. The zero-order valence-corrected chi connectivity index (χ0v) is 9.86. The van der Waals surface area contributed by atoms with Crippen LogP contribution in [-0.4, -0.2) is 21.5 Å². The van der Waals surface area contributed by atoms with Crippen LogP contribution in [0.1, 0.15) is 12.0 Å². The molecule has 0 radical (unpaired) electrons. The van der Waals surface area contributed by atoms with Crippen molar-refractivity contribution in [2.75, 3.05) is 6.61 Å². The zero-order chi connectivity index (χ0) is 12.3. The summed E-state index contributed by atoms with van der Waals surface area (Å²) in [6, 6.07) is 4.54. The highest BCUT2D eigenvalue weighted by atomic mass is 35.5. The van der Waals surface area contributed by atoms with Gasteiger partial charge < -0.3 is 5.11 Å². The number of rotatable bonds is 4. The third-order valence-electron chi connectivity index (χ3n) is 2.43. The fourth-order valence-electron chi connectivity index (χ4n) is 1.54. The molecule has 3 nitrogen and oxygen atoms in total. The van der Waals surface area contributed by atoms with E-state index in [0.717, 1.165) is 12.0 Å². The Labute approximate surface area is 103 Å². The van der Waals surface area contributed by atoms with Gasteiger partial charge in [-0.1, -0.05) is 11.6 Å². The van der Waals surface area contributed by atoms with Crippen LogP contribution in [0.2, 0.25) is 5.02 Å². The van der Waals surface area contributed by atoms with Crippen molar-refractivity contribution in [1.82, 2.24) is 9.78 Å². The Hall–Kier alpha value is -1.39. The molecule has 0 amide bonds. The van der Waals surface area contributed by atoms with Crippen LogP contribution in [-0.2, 0) is 6.42 Å². The third-order valence-corrected chi connectivity index (χ3v) is 2.73. The molecule has 0 aliphatic rings. The van der Waals surface area contributed by atoms with Crippen LogP contribution in [0, 0.1) is 5.82 Å². The predicted octanol–water partition coefficient (Wildman–Crippen LogP) is 2.59. The summed E-state index contributed by atoms with van der Waals surface area (Å²) in [4.78, 5) is 0. The number of aryl methyl sites for hydroxylation is 1. The lowest BCUT2D eigenvalue weighted by atomic mass is 10.2. The summed E-state index contributed by atoms with van der Waals surface area (Å²) in [5.74, 6) is -0.462. The number of halogens is 2. The Morgan fingerprint density at radius 1 is 1.41 bits per heavy atom. The minimum absolute atomic E-state index is 0.0985. The molecule has 0 saturated carbocycles. The molecule has 1 heterocycles. The van der Waals surface area contributed by atoms with Gasteiger partial charge in [0.2, 0.25) is 0 Å². The van der Waals surface area contributed by atoms with Gasteiger partial charge in [0.15, 0.2) is 0 Å². The Morgan fingerprint density at radius 3 is 2.94 bits per heavy atom. The quantitative estimate of drug-likeness (QED) is 0.911. The molecule has 1 aromatic heterocycles. The van der Waals surface area contributed by atoms with Crippen LogP contribution in [0.4, 0.5) is 4.39 Å². The highest BCUT2D eigenvalue weighted by Gasteiger charge is 2.04. The van der Waals surface area contributed by atoms with Gasteiger partial charge in [-0.05, 0) is 30.5 Å². The van der Waals surface area contributed by atoms with Gasteiger partial charge in [-0.15, -0.1) is 0 Å². The first kappa shape index (κ1) is 12.1. The standard InChI is InChI=1S/C12H12ClFN2O/c13-11-4-3-10(6-12(11)14)16-8-9(7-15-16)2-1-5-17/h3-4,6-8,17H,1-2,5H2. The fraction of sp³-hybridized carbons (Fsp3) is 0.250. The van der Waals surface area contributed by atoms with E-state index in [4.69, 9.17) is 16.7 Å². The van der Waals surface area contributed by atoms with E-state index in [1.165, 1.54) is 12.1 Å². The number of hydrogen-bond acceptors (Lipinski definition) is 2. The van der Waals surface area contributed by atoms with Crippen molar-refractivity contribution >= 4 is 11.6 Å². The van der Waals surface area contributed by atoms with Gasteiger partial charge in [0, 0.05) is 18.9 Å². The molecule has 0 saturated heterocycles. The van der Waals surface area contributed by atoms with Crippen molar-refractivity contribution in [3.05, 3.63) is 47.0 Å². The van der Waals surface area contributed by atoms with Crippen molar-refractivity contribution < 1.29 is 9.50 Å². The fourth-order valence-corrected chi connectivity index (χ4v) is 1.66. The number of nitrogens with zero attached hydrogens (tertiary/aromatic N) is 2. The third kappa shape index (κ3) is 2.84. The molecule has 0 atom stereocenters. The topological polar surface area (TPSA) is 38.1 Å². The Balaban J connectivity index is 2.21.